The molecule has 2 aliphatic heterocycles. The highest BCUT2D eigenvalue weighted by Gasteiger charge is 2.35. The molecule has 182 valence electrons. The van der Waals surface area contributed by atoms with Crippen molar-refractivity contribution < 1.29 is 33.4 Å². The number of fused-ring (bicyclic) bond motifs is 2. The minimum atomic E-state index is -0.765. The van der Waals surface area contributed by atoms with E-state index in [0.29, 0.717) is 17.9 Å². The molecule has 0 unspecified atom stereocenters. The van der Waals surface area contributed by atoms with Crippen molar-refractivity contribution in [2.45, 2.75) is 13.0 Å². The van der Waals surface area contributed by atoms with E-state index in [9.17, 15) is 19.2 Å². The first-order valence-corrected chi connectivity index (χ1v) is 11.4. The van der Waals surface area contributed by atoms with Gasteiger partial charge in [0.2, 0.25) is 6.79 Å². The average molecular weight is 486 g/mol. The van der Waals surface area contributed by atoms with Crippen LogP contribution in [-0.4, -0.2) is 48.5 Å². The van der Waals surface area contributed by atoms with E-state index in [2.05, 4.69) is 5.32 Å². The molecule has 0 spiro atoms. The maximum Gasteiger partial charge on any atom is 0.338 e. The van der Waals surface area contributed by atoms with Gasteiger partial charge in [-0.15, -0.1) is 0 Å². The van der Waals surface area contributed by atoms with E-state index in [1.54, 1.807) is 18.2 Å². The molecule has 0 aliphatic carbocycles. The molecule has 0 radical (unpaired) electrons. The van der Waals surface area contributed by atoms with Gasteiger partial charge in [0, 0.05) is 13.1 Å². The maximum absolute atomic E-state index is 12.8. The number of rotatable bonds is 8. The van der Waals surface area contributed by atoms with E-state index >= 15 is 0 Å². The van der Waals surface area contributed by atoms with Crippen molar-refractivity contribution in [3.05, 3.63) is 94.5 Å². The molecule has 0 fully saturated rings. The van der Waals surface area contributed by atoms with Gasteiger partial charge in [-0.25, -0.2) is 4.79 Å². The summed E-state index contributed by atoms with van der Waals surface area (Å²) >= 11 is 0. The molecule has 2 aliphatic rings. The number of carbonyl (C=O) groups excluding carboxylic acids is 4. The van der Waals surface area contributed by atoms with Crippen molar-refractivity contribution in [3.63, 3.8) is 0 Å². The first kappa shape index (κ1) is 23.1. The molecule has 0 saturated carbocycles. The van der Waals surface area contributed by atoms with E-state index < -0.39 is 30.3 Å². The van der Waals surface area contributed by atoms with Crippen molar-refractivity contribution in [1.82, 2.24) is 10.2 Å². The first-order valence-electron chi connectivity index (χ1n) is 11.4. The predicted molar refractivity (Wildman–Crippen MR) is 127 cm³/mol. The minimum absolute atomic E-state index is 0.0865. The summed E-state index contributed by atoms with van der Waals surface area (Å²) in [5, 5.41) is 2.67. The van der Waals surface area contributed by atoms with Crippen molar-refractivity contribution in [2.24, 2.45) is 0 Å². The third-order valence-corrected chi connectivity index (χ3v) is 5.93. The second kappa shape index (κ2) is 9.91. The number of hydrogen-bond acceptors (Lipinski definition) is 7. The van der Waals surface area contributed by atoms with Gasteiger partial charge >= 0.3 is 5.97 Å². The highest BCUT2D eigenvalue weighted by molar-refractivity contribution is 6.22. The van der Waals surface area contributed by atoms with Gasteiger partial charge in [0.25, 0.3) is 17.7 Å². The quantitative estimate of drug-likeness (QED) is 0.385. The molecule has 9 heteroatoms. The fraction of sp³-hybridized carbons (Fsp3) is 0.185. The highest BCUT2D eigenvalue weighted by Crippen LogP contribution is 2.32. The maximum atomic E-state index is 12.8. The number of benzene rings is 3. The van der Waals surface area contributed by atoms with Crippen LogP contribution in [0, 0.1) is 0 Å². The van der Waals surface area contributed by atoms with Crippen LogP contribution < -0.4 is 14.8 Å². The SMILES string of the molecule is O=C(COC(=O)c1ccc2c(c1)C(=O)N(CCc1ccccc1)C2=O)NCc1ccc2c(c1)OCO2. The Bertz CT molecular complexity index is 1350. The summed E-state index contributed by atoms with van der Waals surface area (Å²) in [6.07, 6.45) is 0.530. The molecule has 0 atom stereocenters. The van der Waals surface area contributed by atoms with E-state index in [-0.39, 0.29) is 36.6 Å². The Balaban J connectivity index is 1.15. The molecular formula is C27H22N2O7. The summed E-state index contributed by atoms with van der Waals surface area (Å²) in [6.45, 7) is 0.132. The summed E-state index contributed by atoms with van der Waals surface area (Å²) in [4.78, 5) is 51.3. The Hall–Kier alpha value is -4.66. The fourth-order valence-electron chi connectivity index (χ4n) is 4.02. The van der Waals surface area contributed by atoms with Crippen molar-refractivity contribution in [3.8, 4) is 11.5 Å². The van der Waals surface area contributed by atoms with Crippen molar-refractivity contribution >= 4 is 23.7 Å². The summed E-state index contributed by atoms with van der Waals surface area (Å²) < 4.78 is 15.7. The van der Waals surface area contributed by atoms with Gasteiger partial charge in [0.05, 0.1) is 16.7 Å². The zero-order valence-corrected chi connectivity index (χ0v) is 19.2. The Morgan fingerprint density at radius 3 is 2.47 bits per heavy atom. The summed E-state index contributed by atoms with van der Waals surface area (Å²) in [7, 11) is 0. The van der Waals surface area contributed by atoms with Crippen LogP contribution in [-0.2, 0) is 22.5 Å². The van der Waals surface area contributed by atoms with Crippen LogP contribution in [0.5, 0.6) is 11.5 Å². The van der Waals surface area contributed by atoms with Gasteiger partial charge in [0.15, 0.2) is 18.1 Å². The molecule has 5 rings (SSSR count). The molecule has 0 saturated heterocycles. The van der Waals surface area contributed by atoms with E-state index in [1.807, 2.05) is 30.3 Å². The van der Waals surface area contributed by atoms with E-state index in [1.165, 1.54) is 23.1 Å². The molecule has 36 heavy (non-hydrogen) atoms. The summed E-state index contributed by atoms with van der Waals surface area (Å²) in [5.74, 6) is -0.848. The zero-order chi connectivity index (χ0) is 25.1. The van der Waals surface area contributed by atoms with Crippen LogP contribution in [0.3, 0.4) is 0 Å². The van der Waals surface area contributed by atoms with Gasteiger partial charge in [0.1, 0.15) is 0 Å². The second-order valence-electron chi connectivity index (χ2n) is 8.30. The van der Waals surface area contributed by atoms with E-state index in [0.717, 1.165) is 11.1 Å². The number of carbonyl (C=O) groups is 4. The fourth-order valence-corrected chi connectivity index (χ4v) is 4.02. The molecule has 3 aromatic rings. The number of nitrogens with one attached hydrogen (secondary N) is 1. The molecule has 2 heterocycles. The largest absolute Gasteiger partial charge is 0.454 e. The van der Waals surface area contributed by atoms with Crippen molar-refractivity contribution in [2.75, 3.05) is 19.9 Å². The lowest BCUT2D eigenvalue weighted by atomic mass is 10.1. The smallest absolute Gasteiger partial charge is 0.338 e. The van der Waals surface area contributed by atoms with Gasteiger partial charge in [-0.2, -0.15) is 0 Å². The van der Waals surface area contributed by atoms with Crippen LogP contribution in [0.15, 0.2) is 66.7 Å². The number of amides is 3. The lowest BCUT2D eigenvalue weighted by Crippen LogP contribution is -2.31. The molecule has 9 nitrogen and oxygen atoms in total. The molecule has 0 aromatic heterocycles. The third kappa shape index (κ3) is 4.76. The number of esters is 1. The van der Waals surface area contributed by atoms with Crippen LogP contribution >= 0.6 is 0 Å². The third-order valence-electron chi connectivity index (χ3n) is 5.93. The summed E-state index contributed by atoms with van der Waals surface area (Å²) in [6, 6.07) is 19.1. The molecule has 3 amide bonds. The highest BCUT2D eigenvalue weighted by atomic mass is 16.7. The molecule has 1 N–H and O–H groups in total. The van der Waals surface area contributed by atoms with Crippen LogP contribution in [0.1, 0.15) is 42.2 Å². The standard InChI is InChI=1S/C27H22N2O7/c30-24(28-14-18-6-9-22-23(12-18)36-16-35-22)15-34-27(33)19-7-8-20-21(13-19)26(32)29(25(20)31)11-10-17-4-2-1-3-5-17/h1-9,12-13H,10-11,14-16H2,(H,28,30). The molecule has 0 bridgehead atoms. The minimum Gasteiger partial charge on any atom is -0.454 e. The van der Waals surface area contributed by atoms with E-state index in [4.69, 9.17) is 14.2 Å². The number of ether oxygens (including phenoxy) is 3. The number of nitrogens with zero attached hydrogens (tertiary/aromatic N) is 1. The van der Waals surface area contributed by atoms with Gasteiger partial charge in [-0.3, -0.25) is 19.3 Å². The lowest BCUT2D eigenvalue weighted by Gasteiger charge is -2.13. The number of imide groups is 1. The second-order valence-corrected chi connectivity index (χ2v) is 8.30. The Kier molecular flexibility index (Phi) is 6.36. The molecule has 3 aromatic carbocycles. The monoisotopic (exact) mass is 486 g/mol. The Morgan fingerprint density at radius 1 is 0.861 bits per heavy atom. The van der Waals surface area contributed by atoms with Crippen LogP contribution in [0.2, 0.25) is 0 Å². The Morgan fingerprint density at radius 2 is 1.64 bits per heavy atom. The zero-order valence-electron chi connectivity index (χ0n) is 19.2. The van der Waals surface area contributed by atoms with Crippen LogP contribution in [0.4, 0.5) is 0 Å². The summed E-state index contributed by atoms with van der Waals surface area (Å²) in [5.41, 5.74) is 2.29. The lowest BCUT2D eigenvalue weighted by molar-refractivity contribution is -0.124. The molecular weight excluding hydrogens is 464 g/mol. The van der Waals surface area contributed by atoms with Gasteiger partial charge in [-0.05, 0) is 47.9 Å². The number of hydrogen-bond donors (Lipinski definition) is 1. The Labute approximate surface area is 206 Å². The predicted octanol–water partition coefficient (Wildman–Crippen LogP) is 2.73. The van der Waals surface area contributed by atoms with Gasteiger partial charge in [-0.1, -0.05) is 36.4 Å². The van der Waals surface area contributed by atoms with Gasteiger partial charge < -0.3 is 19.5 Å². The first-order chi connectivity index (χ1) is 17.5. The van der Waals surface area contributed by atoms with Crippen molar-refractivity contribution in [1.29, 1.82) is 0 Å². The van der Waals surface area contributed by atoms with Crippen LogP contribution in [0.25, 0.3) is 0 Å². The average Bonchev–Trinajstić information content (AvgIpc) is 3.47. The topological polar surface area (TPSA) is 111 Å². The normalized spacial score (nSPS) is 13.5.